The fourth-order valence-corrected chi connectivity index (χ4v) is 3.19. The normalized spacial score (nSPS) is 24.4. The molecule has 0 aromatic carbocycles. The Labute approximate surface area is 124 Å². The molecule has 4 nitrogen and oxygen atoms in total. The van der Waals surface area contributed by atoms with Gasteiger partial charge in [0.2, 0.25) is 5.91 Å². The highest BCUT2D eigenvalue weighted by molar-refractivity contribution is 5.83. The number of nitrogens with one attached hydrogen (secondary N) is 1. The van der Waals surface area contributed by atoms with Gasteiger partial charge < -0.3 is 15.0 Å². The number of amides is 1. The van der Waals surface area contributed by atoms with Gasteiger partial charge in [-0.2, -0.15) is 0 Å². The summed E-state index contributed by atoms with van der Waals surface area (Å²) in [5.41, 5.74) is -0.190. The summed E-state index contributed by atoms with van der Waals surface area (Å²) in [5, 5.41) is 3.43. The van der Waals surface area contributed by atoms with Crippen LogP contribution in [0.3, 0.4) is 0 Å². The lowest BCUT2D eigenvalue weighted by Crippen LogP contribution is -2.54. The van der Waals surface area contributed by atoms with Gasteiger partial charge in [0.25, 0.3) is 0 Å². The summed E-state index contributed by atoms with van der Waals surface area (Å²) in [6.07, 6.45) is 5.16. The first-order valence-corrected chi connectivity index (χ1v) is 8.12. The SMILES string of the molecule is CCCC1(C(=O)N(CCOC)C(C)CC)CCCNC1. The second-order valence-corrected chi connectivity index (χ2v) is 6.06. The highest BCUT2D eigenvalue weighted by Crippen LogP contribution is 2.34. The Morgan fingerprint density at radius 1 is 1.45 bits per heavy atom. The molecule has 0 saturated carbocycles. The molecule has 1 aliphatic rings. The molecule has 0 aromatic rings. The molecule has 0 aromatic heterocycles. The summed E-state index contributed by atoms with van der Waals surface area (Å²) in [5.74, 6) is 0.331. The van der Waals surface area contributed by atoms with Gasteiger partial charge in [0.05, 0.1) is 12.0 Å². The van der Waals surface area contributed by atoms with Crippen molar-refractivity contribution in [3.63, 3.8) is 0 Å². The Bertz CT molecular complexity index is 283. The van der Waals surface area contributed by atoms with Crippen molar-refractivity contribution in [3.8, 4) is 0 Å². The maximum Gasteiger partial charge on any atom is 0.230 e. The predicted molar refractivity (Wildman–Crippen MR) is 82.8 cm³/mol. The second-order valence-electron chi connectivity index (χ2n) is 6.06. The van der Waals surface area contributed by atoms with Crippen LogP contribution in [0.5, 0.6) is 0 Å². The number of rotatable bonds is 8. The zero-order valence-corrected chi connectivity index (χ0v) is 13.7. The number of carbonyl (C=O) groups is 1. The summed E-state index contributed by atoms with van der Waals surface area (Å²) >= 11 is 0. The molecule has 1 N–H and O–H groups in total. The fraction of sp³-hybridized carbons (Fsp3) is 0.938. The smallest absolute Gasteiger partial charge is 0.230 e. The van der Waals surface area contributed by atoms with E-state index in [4.69, 9.17) is 4.74 Å². The monoisotopic (exact) mass is 284 g/mol. The minimum atomic E-state index is -0.190. The molecular formula is C16H32N2O2. The second kappa shape index (κ2) is 8.63. The molecule has 20 heavy (non-hydrogen) atoms. The number of hydrogen-bond acceptors (Lipinski definition) is 3. The van der Waals surface area contributed by atoms with E-state index in [2.05, 4.69) is 26.1 Å². The zero-order chi connectivity index (χ0) is 15.0. The summed E-state index contributed by atoms with van der Waals surface area (Å²) in [6, 6.07) is 0.285. The topological polar surface area (TPSA) is 41.6 Å². The van der Waals surface area contributed by atoms with E-state index in [-0.39, 0.29) is 11.5 Å². The van der Waals surface area contributed by atoms with Crippen molar-refractivity contribution < 1.29 is 9.53 Å². The van der Waals surface area contributed by atoms with Gasteiger partial charge in [0.15, 0.2) is 0 Å². The first-order chi connectivity index (χ1) is 9.61. The van der Waals surface area contributed by atoms with Gasteiger partial charge in [0.1, 0.15) is 0 Å². The highest BCUT2D eigenvalue weighted by Gasteiger charge is 2.42. The van der Waals surface area contributed by atoms with E-state index in [0.29, 0.717) is 19.1 Å². The number of ether oxygens (including phenoxy) is 1. The first-order valence-electron chi connectivity index (χ1n) is 8.12. The number of hydrogen-bond donors (Lipinski definition) is 1. The molecule has 1 amide bonds. The summed E-state index contributed by atoms with van der Waals surface area (Å²) in [6.45, 7) is 9.65. The lowest BCUT2D eigenvalue weighted by molar-refractivity contribution is -0.147. The van der Waals surface area contributed by atoms with Gasteiger partial charge >= 0.3 is 0 Å². The molecule has 2 atom stereocenters. The quantitative estimate of drug-likeness (QED) is 0.744. The van der Waals surface area contributed by atoms with Crippen LogP contribution in [0.25, 0.3) is 0 Å². The molecule has 0 spiro atoms. The van der Waals surface area contributed by atoms with Crippen molar-refractivity contribution in [2.24, 2.45) is 5.41 Å². The maximum absolute atomic E-state index is 13.1. The number of nitrogens with zero attached hydrogens (tertiary/aromatic N) is 1. The van der Waals surface area contributed by atoms with E-state index in [1.54, 1.807) is 7.11 Å². The summed E-state index contributed by atoms with van der Waals surface area (Å²) < 4.78 is 5.19. The molecule has 1 saturated heterocycles. The molecule has 0 aliphatic carbocycles. The van der Waals surface area contributed by atoms with E-state index in [1.165, 1.54) is 0 Å². The number of carbonyl (C=O) groups excluding carboxylic acids is 1. The van der Waals surface area contributed by atoms with Crippen molar-refractivity contribution in [2.45, 2.75) is 58.9 Å². The Hall–Kier alpha value is -0.610. The Morgan fingerprint density at radius 2 is 2.20 bits per heavy atom. The molecule has 1 rings (SSSR count). The van der Waals surface area contributed by atoms with E-state index in [0.717, 1.165) is 45.2 Å². The van der Waals surface area contributed by atoms with Crippen molar-refractivity contribution in [2.75, 3.05) is 33.4 Å². The van der Waals surface area contributed by atoms with Crippen LogP contribution in [-0.4, -0.2) is 50.2 Å². The van der Waals surface area contributed by atoms with Crippen LogP contribution in [0.2, 0.25) is 0 Å². The predicted octanol–water partition coefficient (Wildman–Crippen LogP) is 2.43. The number of methoxy groups -OCH3 is 1. The van der Waals surface area contributed by atoms with Crippen molar-refractivity contribution in [1.82, 2.24) is 10.2 Å². The molecule has 2 unspecified atom stereocenters. The van der Waals surface area contributed by atoms with E-state index in [9.17, 15) is 4.79 Å². The minimum Gasteiger partial charge on any atom is -0.383 e. The van der Waals surface area contributed by atoms with Gasteiger partial charge in [0, 0.05) is 26.2 Å². The van der Waals surface area contributed by atoms with Crippen molar-refractivity contribution in [3.05, 3.63) is 0 Å². The first kappa shape index (κ1) is 17.4. The van der Waals surface area contributed by atoms with E-state index >= 15 is 0 Å². The lowest BCUT2D eigenvalue weighted by Gasteiger charge is -2.42. The molecule has 1 aliphatic heterocycles. The van der Waals surface area contributed by atoms with E-state index in [1.807, 2.05) is 4.90 Å². The Morgan fingerprint density at radius 3 is 2.70 bits per heavy atom. The third-order valence-electron chi connectivity index (χ3n) is 4.57. The summed E-state index contributed by atoms with van der Waals surface area (Å²) in [4.78, 5) is 15.2. The Kier molecular flexibility index (Phi) is 7.52. The van der Waals surface area contributed by atoms with Gasteiger partial charge in [-0.05, 0) is 39.2 Å². The largest absolute Gasteiger partial charge is 0.383 e. The molecule has 0 radical (unpaired) electrons. The van der Waals surface area contributed by atoms with Crippen LogP contribution in [0.15, 0.2) is 0 Å². The lowest BCUT2D eigenvalue weighted by atomic mass is 9.75. The van der Waals surface area contributed by atoms with Crippen LogP contribution in [0.1, 0.15) is 52.9 Å². The number of piperidine rings is 1. The fourth-order valence-electron chi connectivity index (χ4n) is 3.19. The average molecular weight is 284 g/mol. The standard InChI is InChI=1S/C16H32N2O2/c1-5-8-16(9-7-10-17-13-16)15(19)18(11-12-20-4)14(3)6-2/h14,17H,5-13H2,1-4H3. The van der Waals surface area contributed by atoms with Gasteiger partial charge in [-0.15, -0.1) is 0 Å². The average Bonchev–Trinajstić information content (AvgIpc) is 2.48. The van der Waals surface area contributed by atoms with Crippen molar-refractivity contribution in [1.29, 1.82) is 0 Å². The highest BCUT2D eigenvalue weighted by atomic mass is 16.5. The van der Waals surface area contributed by atoms with Crippen molar-refractivity contribution >= 4 is 5.91 Å². The van der Waals surface area contributed by atoms with Crippen LogP contribution in [0, 0.1) is 5.41 Å². The third kappa shape index (κ3) is 4.19. The molecule has 0 bridgehead atoms. The van der Waals surface area contributed by atoms with Gasteiger partial charge in [-0.1, -0.05) is 20.3 Å². The molecule has 1 fully saturated rings. The summed E-state index contributed by atoms with van der Waals surface area (Å²) in [7, 11) is 1.70. The van der Waals surface area contributed by atoms with E-state index < -0.39 is 0 Å². The van der Waals surface area contributed by atoms with Gasteiger partial charge in [-0.3, -0.25) is 4.79 Å². The Balaban J connectivity index is 2.87. The zero-order valence-electron chi connectivity index (χ0n) is 13.7. The van der Waals surface area contributed by atoms with Crippen LogP contribution in [0.4, 0.5) is 0 Å². The maximum atomic E-state index is 13.1. The molecular weight excluding hydrogens is 252 g/mol. The third-order valence-corrected chi connectivity index (χ3v) is 4.57. The van der Waals surface area contributed by atoms with Crippen LogP contribution >= 0.6 is 0 Å². The molecule has 118 valence electrons. The van der Waals surface area contributed by atoms with Crippen LogP contribution < -0.4 is 5.32 Å². The van der Waals surface area contributed by atoms with Gasteiger partial charge in [-0.25, -0.2) is 0 Å². The molecule has 4 heteroatoms. The molecule has 1 heterocycles. The minimum absolute atomic E-state index is 0.190. The van der Waals surface area contributed by atoms with Crippen LogP contribution in [-0.2, 0) is 9.53 Å².